The molecule has 4 amide bonds. The van der Waals surface area contributed by atoms with E-state index in [0.717, 1.165) is 0 Å². The minimum absolute atomic E-state index is 0.195. The second-order valence-corrected chi connectivity index (χ2v) is 7.77. The van der Waals surface area contributed by atoms with Crippen molar-refractivity contribution >= 4 is 29.3 Å². The van der Waals surface area contributed by atoms with Gasteiger partial charge in [0.05, 0.1) is 18.8 Å². The maximum Gasteiger partial charge on any atom is 0.312 e. The third-order valence-corrected chi connectivity index (χ3v) is 5.63. The Morgan fingerprint density at radius 3 is 2.09 bits per heavy atom. The first-order chi connectivity index (χ1) is 16.0. The second-order valence-electron chi connectivity index (χ2n) is 7.77. The Kier molecular flexibility index (Phi) is 6.94. The van der Waals surface area contributed by atoms with Crippen molar-refractivity contribution in [1.29, 1.82) is 0 Å². The minimum atomic E-state index is -0.538. The third-order valence-electron chi connectivity index (χ3n) is 5.63. The Hall–Kier alpha value is -3.79. The molecule has 1 N–H and O–H groups in total. The summed E-state index contributed by atoms with van der Waals surface area (Å²) in [6.45, 7) is 2.93. The van der Waals surface area contributed by atoms with Gasteiger partial charge < -0.3 is 24.8 Å². The average Bonchev–Trinajstić information content (AvgIpc) is 2.88. The third kappa shape index (κ3) is 5.35. The molecule has 2 aromatic rings. The number of carbonyl (C=O) groups is 4. The topological polar surface area (TPSA) is 112 Å². The fraction of sp³-hybridized carbons (Fsp3) is 0.348. The van der Waals surface area contributed by atoms with Crippen LogP contribution >= 0.6 is 0 Å². The van der Waals surface area contributed by atoms with E-state index in [1.54, 1.807) is 47.5 Å². The number of benzene rings is 1. The molecule has 1 aromatic heterocycles. The van der Waals surface area contributed by atoms with Crippen LogP contribution < -0.4 is 5.32 Å². The molecule has 3 heterocycles. The average molecular weight is 451 g/mol. The van der Waals surface area contributed by atoms with Crippen LogP contribution in [-0.2, 0) is 14.3 Å². The van der Waals surface area contributed by atoms with E-state index in [1.807, 2.05) is 0 Å². The van der Waals surface area contributed by atoms with Crippen LogP contribution in [0.25, 0.3) is 0 Å². The van der Waals surface area contributed by atoms with Crippen molar-refractivity contribution in [2.75, 3.05) is 57.8 Å². The van der Waals surface area contributed by atoms with Crippen molar-refractivity contribution in [2.45, 2.75) is 0 Å². The molecular weight excluding hydrogens is 426 g/mol. The lowest BCUT2D eigenvalue weighted by molar-refractivity contribution is -0.154. The lowest BCUT2D eigenvalue weighted by atomic mass is 10.1. The van der Waals surface area contributed by atoms with Crippen LogP contribution in [0.4, 0.5) is 5.69 Å². The van der Waals surface area contributed by atoms with Gasteiger partial charge in [-0.3, -0.25) is 24.2 Å². The number of nitrogens with one attached hydrogen (secondary N) is 1. The Labute approximate surface area is 191 Å². The van der Waals surface area contributed by atoms with Crippen molar-refractivity contribution in [3.8, 4) is 0 Å². The largest absolute Gasteiger partial charge is 0.378 e. The zero-order valence-corrected chi connectivity index (χ0v) is 18.1. The predicted molar refractivity (Wildman–Crippen MR) is 119 cm³/mol. The fourth-order valence-corrected chi connectivity index (χ4v) is 3.76. The Morgan fingerprint density at radius 2 is 1.42 bits per heavy atom. The van der Waals surface area contributed by atoms with Crippen molar-refractivity contribution in [3.05, 3.63) is 59.9 Å². The first kappa shape index (κ1) is 22.4. The quantitative estimate of drug-likeness (QED) is 0.680. The monoisotopic (exact) mass is 451 g/mol. The molecule has 33 heavy (non-hydrogen) atoms. The Morgan fingerprint density at radius 1 is 0.788 bits per heavy atom. The molecule has 4 rings (SSSR count). The highest BCUT2D eigenvalue weighted by atomic mass is 16.5. The van der Waals surface area contributed by atoms with E-state index >= 15 is 0 Å². The van der Waals surface area contributed by atoms with Crippen molar-refractivity contribution in [2.24, 2.45) is 0 Å². The molecule has 0 atom stereocenters. The molecule has 10 nitrogen and oxygen atoms in total. The Balaban J connectivity index is 1.33. The van der Waals surface area contributed by atoms with Crippen molar-refractivity contribution in [1.82, 2.24) is 19.7 Å². The van der Waals surface area contributed by atoms with E-state index in [1.165, 1.54) is 16.0 Å². The van der Waals surface area contributed by atoms with Crippen molar-refractivity contribution in [3.63, 3.8) is 0 Å². The molecule has 0 saturated carbocycles. The number of aromatic nitrogens is 1. The van der Waals surface area contributed by atoms with Crippen LogP contribution in [0.2, 0.25) is 0 Å². The highest BCUT2D eigenvalue weighted by molar-refractivity contribution is 6.35. The van der Waals surface area contributed by atoms with Crippen molar-refractivity contribution < 1.29 is 23.9 Å². The van der Waals surface area contributed by atoms with E-state index in [0.29, 0.717) is 56.2 Å². The zero-order valence-electron chi connectivity index (χ0n) is 18.1. The number of rotatable bonds is 3. The number of amides is 4. The van der Waals surface area contributed by atoms with Gasteiger partial charge in [0, 0.05) is 62.9 Å². The van der Waals surface area contributed by atoms with Gasteiger partial charge in [0.25, 0.3) is 11.8 Å². The second kappa shape index (κ2) is 10.2. The first-order valence-electron chi connectivity index (χ1n) is 10.8. The molecule has 0 aliphatic carbocycles. The summed E-state index contributed by atoms with van der Waals surface area (Å²) < 4.78 is 5.22. The number of hydrogen-bond donors (Lipinski definition) is 1. The van der Waals surface area contributed by atoms with Crippen LogP contribution in [0, 0.1) is 0 Å². The van der Waals surface area contributed by atoms with Gasteiger partial charge in [-0.1, -0.05) is 6.07 Å². The summed E-state index contributed by atoms with van der Waals surface area (Å²) in [6.07, 6.45) is 3.05. The molecular formula is C23H25N5O5. The van der Waals surface area contributed by atoms with E-state index in [4.69, 9.17) is 4.74 Å². The molecule has 2 fully saturated rings. The summed E-state index contributed by atoms with van der Waals surface area (Å²) in [6, 6.07) is 10.0. The summed E-state index contributed by atoms with van der Waals surface area (Å²) in [5, 5.41) is 2.77. The number of carbonyl (C=O) groups excluding carboxylic acids is 4. The Bertz CT molecular complexity index is 1030. The van der Waals surface area contributed by atoms with Gasteiger partial charge in [-0.2, -0.15) is 0 Å². The van der Waals surface area contributed by atoms with E-state index in [9.17, 15) is 19.2 Å². The van der Waals surface area contributed by atoms with E-state index < -0.39 is 11.8 Å². The van der Waals surface area contributed by atoms with Gasteiger partial charge in [0.15, 0.2) is 0 Å². The zero-order chi connectivity index (χ0) is 23.2. The number of piperazine rings is 1. The molecule has 0 spiro atoms. The predicted octanol–water partition coefficient (Wildman–Crippen LogP) is 0.477. The molecule has 2 aliphatic rings. The molecule has 0 radical (unpaired) electrons. The number of nitrogens with zero attached hydrogens (tertiary/aromatic N) is 4. The van der Waals surface area contributed by atoms with Gasteiger partial charge in [0.2, 0.25) is 0 Å². The summed E-state index contributed by atoms with van der Waals surface area (Å²) in [5.74, 6) is -1.57. The molecule has 172 valence electrons. The normalized spacial score (nSPS) is 16.3. The van der Waals surface area contributed by atoms with Gasteiger partial charge >= 0.3 is 11.8 Å². The molecule has 0 bridgehead atoms. The van der Waals surface area contributed by atoms with Crippen LogP contribution in [0.3, 0.4) is 0 Å². The number of morpholine rings is 1. The van der Waals surface area contributed by atoms with Gasteiger partial charge in [-0.25, -0.2) is 0 Å². The van der Waals surface area contributed by atoms with Crippen LogP contribution in [-0.4, -0.2) is 95.8 Å². The van der Waals surface area contributed by atoms with Crippen LogP contribution in [0.5, 0.6) is 0 Å². The van der Waals surface area contributed by atoms with Gasteiger partial charge in [-0.05, 0) is 30.3 Å². The summed E-state index contributed by atoms with van der Waals surface area (Å²) >= 11 is 0. The lowest BCUT2D eigenvalue weighted by Gasteiger charge is -2.36. The van der Waals surface area contributed by atoms with E-state index in [2.05, 4.69) is 10.3 Å². The number of anilines is 1. The molecule has 1 aromatic carbocycles. The smallest absolute Gasteiger partial charge is 0.312 e. The lowest BCUT2D eigenvalue weighted by Crippen LogP contribution is -2.55. The van der Waals surface area contributed by atoms with Gasteiger partial charge in [0.1, 0.15) is 0 Å². The SMILES string of the molecule is O=C(Nc1cccc(C(=O)N2CCN(C(=O)C(=O)N3CCOCC3)CC2)c1)c1cccnc1. The number of pyridine rings is 1. The summed E-state index contributed by atoms with van der Waals surface area (Å²) in [4.78, 5) is 58.9. The maximum absolute atomic E-state index is 13.0. The number of ether oxygens (including phenoxy) is 1. The summed E-state index contributed by atoms with van der Waals surface area (Å²) in [5.41, 5.74) is 1.35. The molecule has 10 heteroatoms. The first-order valence-corrected chi connectivity index (χ1v) is 10.8. The molecule has 2 aliphatic heterocycles. The van der Waals surface area contributed by atoms with Gasteiger partial charge in [-0.15, -0.1) is 0 Å². The van der Waals surface area contributed by atoms with E-state index in [-0.39, 0.29) is 24.9 Å². The van der Waals surface area contributed by atoms with Crippen LogP contribution in [0.15, 0.2) is 48.8 Å². The molecule has 2 saturated heterocycles. The summed E-state index contributed by atoms with van der Waals surface area (Å²) in [7, 11) is 0. The van der Waals surface area contributed by atoms with Crippen LogP contribution in [0.1, 0.15) is 20.7 Å². The highest BCUT2D eigenvalue weighted by Gasteiger charge is 2.31. The standard InChI is InChI=1S/C23H25N5O5/c29-20(18-4-2-6-24-16-18)25-19-5-1-3-17(15-19)21(30)26-7-9-27(10-8-26)22(31)23(32)28-11-13-33-14-12-28/h1-6,15-16H,7-14H2,(H,25,29). The number of hydrogen-bond acceptors (Lipinski definition) is 6. The molecule has 0 unspecified atom stereocenters. The highest BCUT2D eigenvalue weighted by Crippen LogP contribution is 2.16. The maximum atomic E-state index is 13.0. The minimum Gasteiger partial charge on any atom is -0.378 e. The fourth-order valence-electron chi connectivity index (χ4n) is 3.76.